The van der Waals surface area contributed by atoms with Crippen molar-refractivity contribution < 1.29 is 28.4 Å². The molecule has 0 fully saturated rings. The average Bonchev–Trinajstić information content (AvgIpc) is 2.01. The molecule has 2 N–H and O–H groups in total. The van der Waals surface area contributed by atoms with Gasteiger partial charge in [0.1, 0.15) is 0 Å². The van der Waals surface area contributed by atoms with Crippen LogP contribution < -0.4 is 0 Å². The van der Waals surface area contributed by atoms with E-state index < -0.39 is 7.82 Å². The Morgan fingerprint density at radius 1 is 1.38 bits per heavy atom. The zero-order valence-corrected chi connectivity index (χ0v) is 8.20. The molecule has 0 radical (unpaired) electrons. The third-order valence-corrected chi connectivity index (χ3v) is 1.78. The Bertz CT molecular complexity index is 197. The van der Waals surface area contributed by atoms with Crippen LogP contribution in [0.4, 0.5) is 0 Å². The summed E-state index contributed by atoms with van der Waals surface area (Å²) < 4.78 is 18.7. The molecule has 0 aliphatic heterocycles. The second-order valence-electron chi connectivity index (χ2n) is 2.36. The lowest BCUT2D eigenvalue weighted by Gasteiger charge is -2.03. The van der Waals surface area contributed by atoms with Gasteiger partial charge in [-0.1, -0.05) is 0 Å². The highest BCUT2D eigenvalue weighted by Crippen LogP contribution is 2.35. The van der Waals surface area contributed by atoms with Gasteiger partial charge in [-0.3, -0.25) is 9.32 Å². The lowest BCUT2D eigenvalue weighted by molar-refractivity contribution is -0.140. The first-order chi connectivity index (χ1) is 5.95. The second kappa shape index (κ2) is 6.10. The molecule has 0 heterocycles. The Morgan fingerprint density at radius 3 is 2.46 bits per heavy atom. The summed E-state index contributed by atoms with van der Waals surface area (Å²) in [4.78, 5) is 27.1. The van der Waals surface area contributed by atoms with Crippen LogP contribution in [0.25, 0.3) is 0 Å². The fourth-order valence-corrected chi connectivity index (χ4v) is 1.02. The number of carbonyl (C=O) groups excluding carboxylic acids is 1. The van der Waals surface area contributed by atoms with Gasteiger partial charge >= 0.3 is 13.8 Å². The van der Waals surface area contributed by atoms with E-state index >= 15 is 0 Å². The summed E-state index contributed by atoms with van der Waals surface area (Å²) in [5.74, 6) is -0.337. The minimum atomic E-state index is -4.35. The highest BCUT2D eigenvalue weighted by atomic mass is 31.2. The number of methoxy groups -OCH3 is 1. The normalized spacial score (nSPS) is 11.3. The third-order valence-electron chi connectivity index (χ3n) is 1.26. The van der Waals surface area contributed by atoms with Crippen molar-refractivity contribution in [2.75, 3.05) is 13.7 Å². The molecule has 13 heavy (non-hydrogen) atoms. The quantitative estimate of drug-likeness (QED) is 0.377. The van der Waals surface area contributed by atoms with E-state index in [1.165, 1.54) is 7.11 Å². The fraction of sp³-hybridized carbons (Fsp3) is 0.833. The number of phosphoric ester groups is 1. The summed E-state index contributed by atoms with van der Waals surface area (Å²) >= 11 is 0. The summed E-state index contributed by atoms with van der Waals surface area (Å²) in [6.45, 7) is -0.0543. The number of hydrogen-bond acceptors (Lipinski definition) is 4. The Kier molecular flexibility index (Phi) is 5.90. The number of ether oxygens (including phenoxy) is 1. The number of esters is 1. The molecule has 0 saturated carbocycles. The van der Waals surface area contributed by atoms with Crippen LogP contribution in [-0.4, -0.2) is 29.5 Å². The van der Waals surface area contributed by atoms with Crippen molar-refractivity contribution in [2.45, 2.75) is 19.3 Å². The Balaban J connectivity index is 3.27. The van der Waals surface area contributed by atoms with Crippen molar-refractivity contribution >= 4 is 13.8 Å². The van der Waals surface area contributed by atoms with Crippen LogP contribution in [0.15, 0.2) is 0 Å². The van der Waals surface area contributed by atoms with Crippen molar-refractivity contribution in [3.05, 3.63) is 0 Å². The summed E-state index contributed by atoms with van der Waals surface area (Å²) in [7, 11) is -3.07. The number of hydrogen-bond donors (Lipinski definition) is 2. The zero-order valence-electron chi connectivity index (χ0n) is 7.30. The van der Waals surface area contributed by atoms with Gasteiger partial charge in [-0.05, 0) is 12.8 Å². The van der Waals surface area contributed by atoms with Gasteiger partial charge in [0, 0.05) is 6.42 Å². The highest BCUT2D eigenvalue weighted by Gasteiger charge is 2.12. The van der Waals surface area contributed by atoms with Crippen LogP contribution in [0.5, 0.6) is 0 Å². The SMILES string of the molecule is COC(=O)CCCCOP(=O)(O)O. The predicted molar refractivity (Wildman–Crippen MR) is 43.9 cm³/mol. The van der Waals surface area contributed by atoms with Gasteiger partial charge in [0.25, 0.3) is 0 Å². The molecule has 0 atom stereocenters. The van der Waals surface area contributed by atoms with E-state index in [4.69, 9.17) is 9.79 Å². The molecule has 0 aromatic heterocycles. The van der Waals surface area contributed by atoms with Crippen LogP contribution in [0.3, 0.4) is 0 Å². The molecule has 0 saturated heterocycles. The second-order valence-corrected chi connectivity index (χ2v) is 3.60. The minimum Gasteiger partial charge on any atom is -0.469 e. The van der Waals surface area contributed by atoms with Gasteiger partial charge in [-0.15, -0.1) is 0 Å². The molecule has 0 aliphatic rings. The van der Waals surface area contributed by atoms with Crippen molar-refractivity contribution in [1.82, 2.24) is 0 Å². The molecule has 0 aliphatic carbocycles. The van der Waals surface area contributed by atoms with Gasteiger partial charge < -0.3 is 14.5 Å². The predicted octanol–water partition coefficient (Wildman–Crippen LogP) is 0.439. The summed E-state index contributed by atoms with van der Waals surface area (Å²) in [6.07, 6.45) is 1.15. The van der Waals surface area contributed by atoms with Crippen molar-refractivity contribution in [3.63, 3.8) is 0 Å². The first kappa shape index (κ1) is 12.6. The number of carbonyl (C=O) groups is 1. The maximum absolute atomic E-state index is 10.6. The highest BCUT2D eigenvalue weighted by molar-refractivity contribution is 7.46. The molecule has 0 rings (SSSR count). The molecule has 7 heteroatoms. The zero-order chi connectivity index (χ0) is 10.3. The van der Waals surface area contributed by atoms with E-state index in [9.17, 15) is 9.36 Å². The van der Waals surface area contributed by atoms with E-state index in [1.54, 1.807) is 0 Å². The lowest BCUT2D eigenvalue weighted by atomic mass is 10.2. The molecular weight excluding hydrogens is 199 g/mol. The molecule has 0 bridgehead atoms. The third kappa shape index (κ3) is 9.49. The molecule has 0 aromatic carbocycles. The Hall–Kier alpha value is -0.420. The van der Waals surface area contributed by atoms with Gasteiger partial charge in [-0.2, -0.15) is 0 Å². The molecular formula is C6H13O6P. The lowest BCUT2D eigenvalue weighted by Crippen LogP contribution is -2.00. The van der Waals surface area contributed by atoms with Gasteiger partial charge in [0.05, 0.1) is 13.7 Å². The van der Waals surface area contributed by atoms with Crippen LogP contribution >= 0.6 is 7.82 Å². The largest absolute Gasteiger partial charge is 0.469 e. The maximum atomic E-state index is 10.6. The van der Waals surface area contributed by atoms with Crippen molar-refractivity contribution in [3.8, 4) is 0 Å². The first-order valence-corrected chi connectivity index (χ1v) is 5.25. The minimum absolute atomic E-state index is 0.0543. The smallest absolute Gasteiger partial charge is 0.469 e. The number of phosphoric acid groups is 1. The van der Waals surface area contributed by atoms with E-state index in [1.807, 2.05) is 0 Å². The summed E-state index contributed by atoms with van der Waals surface area (Å²) in [6, 6.07) is 0. The molecule has 0 spiro atoms. The average molecular weight is 212 g/mol. The molecule has 0 aromatic rings. The number of unbranched alkanes of at least 4 members (excludes halogenated alkanes) is 1. The number of rotatable bonds is 6. The molecule has 0 unspecified atom stereocenters. The van der Waals surface area contributed by atoms with Crippen molar-refractivity contribution in [2.24, 2.45) is 0 Å². The van der Waals surface area contributed by atoms with E-state index in [0.29, 0.717) is 12.8 Å². The first-order valence-electron chi connectivity index (χ1n) is 3.72. The van der Waals surface area contributed by atoms with Gasteiger partial charge in [0.15, 0.2) is 0 Å². The van der Waals surface area contributed by atoms with E-state index in [2.05, 4.69) is 9.26 Å². The van der Waals surface area contributed by atoms with Crippen LogP contribution in [0.2, 0.25) is 0 Å². The standard InChI is InChI=1S/C6H13O6P/c1-11-6(7)4-2-3-5-12-13(8,9)10/h2-5H2,1H3,(H2,8,9,10). The monoisotopic (exact) mass is 212 g/mol. The van der Waals surface area contributed by atoms with Gasteiger partial charge in [-0.25, -0.2) is 4.57 Å². The van der Waals surface area contributed by atoms with Crippen LogP contribution in [-0.2, 0) is 18.6 Å². The van der Waals surface area contributed by atoms with Crippen molar-refractivity contribution in [1.29, 1.82) is 0 Å². The molecule has 6 nitrogen and oxygen atoms in total. The fourth-order valence-electron chi connectivity index (χ4n) is 0.657. The van der Waals surface area contributed by atoms with Crippen LogP contribution in [0.1, 0.15) is 19.3 Å². The maximum Gasteiger partial charge on any atom is 0.469 e. The molecule has 78 valence electrons. The topological polar surface area (TPSA) is 93.1 Å². The summed E-state index contributed by atoms with van der Waals surface area (Å²) in [5.41, 5.74) is 0. The van der Waals surface area contributed by atoms with Crippen LogP contribution in [0, 0.1) is 0 Å². The Morgan fingerprint density at radius 2 is 2.00 bits per heavy atom. The van der Waals surface area contributed by atoms with Gasteiger partial charge in [0.2, 0.25) is 0 Å². The Labute approximate surface area is 76.1 Å². The molecule has 0 amide bonds. The van der Waals surface area contributed by atoms with E-state index in [-0.39, 0.29) is 19.0 Å². The summed E-state index contributed by atoms with van der Waals surface area (Å²) in [5, 5.41) is 0. The van der Waals surface area contributed by atoms with E-state index in [0.717, 1.165) is 0 Å².